The molecule has 0 heterocycles. The molecule has 7 atom stereocenters. The van der Waals surface area contributed by atoms with Crippen LogP contribution in [0.15, 0.2) is 22.6 Å². The Labute approximate surface area is 495 Å². The van der Waals surface area contributed by atoms with Gasteiger partial charge in [0.25, 0.3) is 0 Å². The molecule has 0 saturated carbocycles. The van der Waals surface area contributed by atoms with Gasteiger partial charge in [0, 0.05) is 77.2 Å². The summed E-state index contributed by atoms with van der Waals surface area (Å²) in [4.78, 5) is 120. The number of unbranched alkanes of at least 4 members (excludes halogenated alkanes) is 3. The number of primary amides is 1. The second-order valence-corrected chi connectivity index (χ2v) is 20.7. The number of alkyl carbamates (subject to hydrolysis) is 1. The van der Waals surface area contributed by atoms with Gasteiger partial charge in [-0.05, 0) is 121 Å². The Morgan fingerprint density at radius 3 is 1.46 bits per heavy atom. The number of ether oxygens (including phenoxy) is 1. The van der Waals surface area contributed by atoms with E-state index in [9.17, 15) is 60.7 Å². The van der Waals surface area contributed by atoms with Crippen LogP contribution in [0.2, 0.25) is 0 Å². The number of hydrogen-bond donors (Lipinski definition) is 13. The predicted molar refractivity (Wildman–Crippen MR) is 312 cm³/mol. The minimum atomic E-state index is -3.26. The molecule has 478 valence electrons. The van der Waals surface area contributed by atoms with Gasteiger partial charge in [0.1, 0.15) is 31.0 Å². The monoisotopic (exact) mass is 1210 g/mol. The van der Waals surface area contributed by atoms with Crippen molar-refractivity contribution in [3.63, 3.8) is 0 Å². The maximum atomic E-state index is 14.5. The van der Waals surface area contributed by atoms with Gasteiger partial charge >= 0.3 is 17.9 Å². The van der Waals surface area contributed by atoms with E-state index >= 15 is 0 Å². The van der Waals surface area contributed by atoms with Gasteiger partial charge in [-0.25, -0.2) is 4.79 Å². The Hall–Kier alpha value is -7.69. The average molecular weight is 1210 g/mol. The quantitative estimate of drug-likeness (QED) is 0.00784. The van der Waals surface area contributed by atoms with E-state index < -0.39 is 101 Å². The molecule has 0 aromatic rings. The van der Waals surface area contributed by atoms with Crippen molar-refractivity contribution in [3.8, 4) is 23.7 Å². The molecular formula is C56H91F4N15O10. The lowest BCUT2D eigenvalue weighted by atomic mass is 9.89. The van der Waals surface area contributed by atoms with Gasteiger partial charge in [0.05, 0.1) is 12.1 Å². The first-order valence-corrected chi connectivity index (χ1v) is 28.9. The zero-order chi connectivity index (χ0) is 63.6. The Kier molecular flexibility index (Phi) is 38.1. The number of hydrogen-bond acceptors (Lipinski definition) is 13. The minimum Gasteiger partial charge on any atom is -0.445 e. The minimum absolute atomic E-state index is 0.00721. The fourth-order valence-electron chi connectivity index (χ4n) is 8.68. The van der Waals surface area contributed by atoms with Crippen LogP contribution in [0.4, 0.5) is 22.4 Å². The number of amides is 8. The van der Waals surface area contributed by atoms with Crippen molar-refractivity contribution in [1.29, 1.82) is 0 Å². The molecule has 7 unspecified atom stereocenters. The number of aliphatic imine (C=N–C) groups is 2. The Bertz CT molecular complexity index is 2340. The number of halogens is 4. The van der Waals surface area contributed by atoms with E-state index in [-0.39, 0.29) is 102 Å². The normalized spacial score (nSPS) is 17.4. The van der Waals surface area contributed by atoms with Crippen molar-refractivity contribution in [2.75, 3.05) is 39.3 Å². The summed E-state index contributed by atoms with van der Waals surface area (Å²) in [6.45, 7) is 5.71. The maximum absolute atomic E-state index is 14.5. The number of rotatable bonds is 38. The number of carbonyl (C=O) groups is 9. The third-order valence-electron chi connectivity index (χ3n) is 13.4. The SMILES string of the molecule is C=CCOC(=O)NCCCCC(C=O)NC(=O)C(CCCN=C(N)N)NC(=O)C(CCCN=C(N)N)NC(=O)C(CCCCNC(=O)CC1CCCCC#CC1(F)F)NC(C)=O.NC(=O)C(N)CCCCNC(=O)CC1CCCCC#CC1(F)F. The van der Waals surface area contributed by atoms with Crippen molar-refractivity contribution >= 4 is 65.6 Å². The lowest BCUT2D eigenvalue weighted by molar-refractivity contribution is -0.134. The van der Waals surface area contributed by atoms with Gasteiger partial charge in [-0.15, -0.1) is 0 Å². The van der Waals surface area contributed by atoms with Crippen molar-refractivity contribution in [1.82, 2.24) is 37.2 Å². The number of aldehydes is 1. The number of alkyl halides is 4. The van der Waals surface area contributed by atoms with Gasteiger partial charge in [-0.1, -0.05) is 37.3 Å². The molecule has 0 fully saturated rings. The van der Waals surface area contributed by atoms with E-state index in [0.717, 1.165) is 6.42 Å². The molecule has 0 aromatic heterocycles. The van der Waals surface area contributed by atoms with E-state index in [1.54, 1.807) is 0 Å². The van der Waals surface area contributed by atoms with E-state index in [1.165, 1.54) is 13.0 Å². The van der Waals surface area contributed by atoms with Gasteiger partial charge in [-0.2, -0.15) is 17.6 Å². The highest BCUT2D eigenvalue weighted by atomic mass is 19.3. The van der Waals surface area contributed by atoms with Crippen molar-refractivity contribution in [2.24, 2.45) is 56.2 Å². The second-order valence-electron chi connectivity index (χ2n) is 20.7. The van der Waals surface area contributed by atoms with E-state index in [2.05, 4.69) is 65.6 Å². The first-order chi connectivity index (χ1) is 40.3. The highest BCUT2D eigenvalue weighted by molar-refractivity contribution is 5.94. The molecule has 25 nitrogen and oxygen atoms in total. The smallest absolute Gasteiger partial charge is 0.407 e. The summed E-state index contributed by atoms with van der Waals surface area (Å²) in [5.41, 5.74) is 32.3. The summed E-state index contributed by atoms with van der Waals surface area (Å²) < 4.78 is 61.5. The Balaban J connectivity index is 0.00000130. The van der Waals surface area contributed by atoms with Crippen LogP contribution < -0.4 is 71.6 Å². The van der Waals surface area contributed by atoms with Crippen LogP contribution >= 0.6 is 0 Å². The van der Waals surface area contributed by atoms with Crippen molar-refractivity contribution in [3.05, 3.63) is 12.7 Å². The summed E-state index contributed by atoms with van der Waals surface area (Å²) in [6.07, 6.45) is 8.93. The van der Waals surface area contributed by atoms with Crippen LogP contribution in [0.1, 0.15) is 155 Å². The predicted octanol–water partition coefficient (Wildman–Crippen LogP) is 1.14. The summed E-state index contributed by atoms with van der Waals surface area (Å²) >= 11 is 0. The topological polar surface area (TPSA) is 428 Å². The Morgan fingerprint density at radius 1 is 0.600 bits per heavy atom. The fraction of sp³-hybridized carbons (Fsp3) is 0.696. The number of guanidine groups is 2. The molecule has 0 bridgehead atoms. The van der Waals surface area contributed by atoms with Crippen LogP contribution in [-0.2, 0) is 43.1 Å². The maximum Gasteiger partial charge on any atom is 0.407 e. The van der Waals surface area contributed by atoms with Crippen LogP contribution in [-0.4, -0.2) is 147 Å². The van der Waals surface area contributed by atoms with Crippen LogP contribution in [0, 0.1) is 35.5 Å². The summed E-state index contributed by atoms with van der Waals surface area (Å²) in [6, 6.07) is -5.17. The van der Waals surface area contributed by atoms with Gasteiger partial charge in [-0.3, -0.25) is 43.5 Å². The third-order valence-corrected chi connectivity index (χ3v) is 13.4. The summed E-state index contributed by atoms with van der Waals surface area (Å²) in [7, 11) is 0. The first-order valence-electron chi connectivity index (χ1n) is 28.9. The van der Waals surface area contributed by atoms with Gasteiger partial charge in [0.15, 0.2) is 11.9 Å². The van der Waals surface area contributed by atoms with Gasteiger partial charge < -0.3 is 81.2 Å². The lowest BCUT2D eigenvalue weighted by Gasteiger charge is -2.26. The molecule has 0 aliphatic heterocycles. The molecule has 29 heteroatoms. The number of nitrogens with two attached hydrogens (primary N) is 6. The molecular weight excluding hydrogens is 1120 g/mol. The first kappa shape index (κ1) is 75.3. The highest BCUT2D eigenvalue weighted by Crippen LogP contribution is 2.33. The summed E-state index contributed by atoms with van der Waals surface area (Å²) in [5.74, 6) is -4.18. The Morgan fingerprint density at radius 2 is 1.02 bits per heavy atom. The lowest BCUT2D eigenvalue weighted by Crippen LogP contribution is -2.57. The molecule has 19 N–H and O–H groups in total. The van der Waals surface area contributed by atoms with Crippen LogP contribution in [0.3, 0.4) is 0 Å². The molecule has 0 aromatic carbocycles. The number of nitrogens with one attached hydrogen (secondary N) is 7. The molecule has 0 saturated heterocycles. The van der Waals surface area contributed by atoms with E-state index in [1.807, 2.05) is 11.8 Å². The largest absolute Gasteiger partial charge is 0.445 e. The van der Waals surface area contributed by atoms with Crippen LogP contribution in [0.5, 0.6) is 0 Å². The molecule has 2 rings (SSSR count). The molecule has 0 radical (unpaired) electrons. The molecule has 2 aliphatic rings. The fourth-order valence-corrected chi connectivity index (χ4v) is 8.68. The number of nitrogens with zero attached hydrogens (tertiary/aromatic N) is 2. The molecule has 2 aliphatic carbocycles. The molecule has 0 spiro atoms. The second kappa shape index (κ2) is 43.0. The standard InChI is InChI=1S/C40H66F2N12O8.C16H25F2N3O2/c1-3-24-62-39(61)50-21-10-7-15-29(26-55)52-34(58)31(17-12-22-48-37(43)44)53-36(60)32(18-13-23-49-38(45)46)54-35(59)30(51-27(2)56)16-8-11-20-47-33(57)25-28-14-6-4-5-9-19-40(28,41)42;17-16(18)9-5-2-1-3-7-12(16)11-14(22)21-10-6-4-8-13(19)15(20)23/h3,26,28-32H,1,4-8,10-18,20-25H2,2H3,(H,47,57)(H,50,61)(H,51,56)(H,52,58)(H,53,60)(H,54,59)(H4,43,44,48)(H4,45,46,49);12-13H,1-4,6-8,10-11,19H2,(H2,20,23)(H,21,22). The third kappa shape index (κ3) is 35.9. The molecule has 85 heavy (non-hydrogen) atoms. The van der Waals surface area contributed by atoms with Gasteiger partial charge in [0.2, 0.25) is 41.4 Å². The zero-order valence-electron chi connectivity index (χ0n) is 48.9. The van der Waals surface area contributed by atoms with E-state index in [4.69, 9.17) is 39.1 Å². The highest BCUT2D eigenvalue weighted by Gasteiger charge is 2.40. The zero-order valence-corrected chi connectivity index (χ0v) is 48.9. The van der Waals surface area contributed by atoms with Crippen molar-refractivity contribution in [2.45, 2.75) is 197 Å². The number of carbonyl (C=O) groups excluding carboxylic acids is 9. The van der Waals surface area contributed by atoms with Crippen LogP contribution in [0.25, 0.3) is 0 Å². The summed E-state index contributed by atoms with van der Waals surface area (Å²) in [5, 5.41) is 18.3. The average Bonchev–Trinajstić information content (AvgIpc) is 3.65. The van der Waals surface area contributed by atoms with E-state index in [0.29, 0.717) is 96.3 Å². The van der Waals surface area contributed by atoms with Crippen molar-refractivity contribution < 1.29 is 65.4 Å². The molecule has 8 amide bonds.